The molecule has 1 fully saturated rings. The maximum absolute atomic E-state index is 5.90. The van der Waals surface area contributed by atoms with Crippen molar-refractivity contribution < 1.29 is 9.47 Å². The monoisotopic (exact) mass is 327 g/mol. The number of hydrogen-bond acceptors (Lipinski definition) is 5. The lowest BCUT2D eigenvalue weighted by Gasteiger charge is -2.32. The molecule has 0 unspecified atom stereocenters. The highest BCUT2D eigenvalue weighted by Gasteiger charge is 2.20. The Bertz CT molecular complexity index is 621. The van der Waals surface area contributed by atoms with Crippen LogP contribution < -0.4 is 10.5 Å². The Morgan fingerprint density at radius 3 is 2.96 bits per heavy atom. The van der Waals surface area contributed by atoms with E-state index in [4.69, 9.17) is 15.2 Å². The summed E-state index contributed by atoms with van der Waals surface area (Å²) in [5.74, 6) is 1.51. The molecule has 0 amide bonds. The van der Waals surface area contributed by atoms with Crippen LogP contribution in [0.15, 0.2) is 48.7 Å². The molecule has 0 saturated carbocycles. The summed E-state index contributed by atoms with van der Waals surface area (Å²) in [4.78, 5) is 6.44. The van der Waals surface area contributed by atoms with Crippen LogP contribution in [0.25, 0.3) is 0 Å². The van der Waals surface area contributed by atoms with E-state index in [0.717, 1.165) is 44.8 Å². The molecule has 2 heterocycles. The highest BCUT2D eigenvalue weighted by Crippen LogP contribution is 2.14. The molecule has 128 valence electrons. The molecule has 1 aliphatic rings. The van der Waals surface area contributed by atoms with Gasteiger partial charge in [-0.25, -0.2) is 4.98 Å². The minimum absolute atomic E-state index is 0.268. The predicted octanol–water partition coefficient (Wildman–Crippen LogP) is 2.38. The number of benzene rings is 1. The van der Waals surface area contributed by atoms with Crippen LogP contribution in [0, 0.1) is 0 Å². The summed E-state index contributed by atoms with van der Waals surface area (Å²) in [6.45, 7) is 4.35. The van der Waals surface area contributed by atoms with Crippen LogP contribution in [-0.4, -0.2) is 48.8 Å². The van der Waals surface area contributed by atoms with Crippen LogP contribution in [0.1, 0.15) is 12.0 Å². The maximum atomic E-state index is 5.90. The summed E-state index contributed by atoms with van der Waals surface area (Å²) in [5.41, 5.74) is 6.95. The fourth-order valence-electron chi connectivity index (χ4n) is 2.95. The summed E-state index contributed by atoms with van der Waals surface area (Å²) < 4.78 is 11.7. The number of aryl methyl sites for hydroxylation is 1. The van der Waals surface area contributed by atoms with Crippen LogP contribution in [-0.2, 0) is 11.2 Å². The average molecular weight is 327 g/mol. The second-order valence-electron chi connectivity index (χ2n) is 6.08. The van der Waals surface area contributed by atoms with Crippen LogP contribution in [0.3, 0.4) is 0 Å². The van der Waals surface area contributed by atoms with Crippen LogP contribution >= 0.6 is 0 Å². The summed E-state index contributed by atoms with van der Waals surface area (Å²) >= 11 is 0. The van der Waals surface area contributed by atoms with Crippen molar-refractivity contribution in [3.05, 3.63) is 54.2 Å². The lowest BCUT2D eigenvalue weighted by atomic mass is 10.1. The highest BCUT2D eigenvalue weighted by molar-refractivity contribution is 5.31. The number of para-hydroxylation sites is 1. The van der Waals surface area contributed by atoms with Gasteiger partial charge in [0.25, 0.3) is 0 Å². The molecule has 0 radical (unpaired) electrons. The lowest BCUT2D eigenvalue weighted by Crippen LogP contribution is -2.44. The fourth-order valence-corrected chi connectivity index (χ4v) is 2.95. The zero-order valence-corrected chi connectivity index (χ0v) is 13.9. The minimum atomic E-state index is 0.268. The second-order valence-corrected chi connectivity index (χ2v) is 6.08. The fraction of sp³-hybridized carbons (Fsp3) is 0.421. The molecule has 0 aliphatic carbocycles. The third-order valence-electron chi connectivity index (χ3n) is 4.24. The highest BCUT2D eigenvalue weighted by atomic mass is 16.5. The summed E-state index contributed by atoms with van der Waals surface area (Å²) in [5, 5.41) is 0. The zero-order valence-electron chi connectivity index (χ0n) is 13.9. The van der Waals surface area contributed by atoms with Crippen molar-refractivity contribution in [2.45, 2.75) is 18.9 Å². The topological polar surface area (TPSA) is 60.6 Å². The largest absolute Gasteiger partial charge is 0.492 e. The van der Waals surface area contributed by atoms with E-state index in [1.54, 1.807) is 6.20 Å². The Labute approximate surface area is 143 Å². The Hall–Kier alpha value is -2.11. The van der Waals surface area contributed by atoms with E-state index >= 15 is 0 Å². The van der Waals surface area contributed by atoms with Crippen molar-refractivity contribution in [1.82, 2.24) is 9.88 Å². The number of ether oxygens (including phenoxy) is 2. The third kappa shape index (κ3) is 5.22. The summed E-state index contributed by atoms with van der Waals surface area (Å²) in [7, 11) is 0. The Morgan fingerprint density at radius 2 is 2.12 bits per heavy atom. The van der Waals surface area contributed by atoms with Gasteiger partial charge in [0.05, 0.1) is 12.7 Å². The van der Waals surface area contributed by atoms with Gasteiger partial charge in [-0.15, -0.1) is 0 Å². The van der Waals surface area contributed by atoms with Gasteiger partial charge in [-0.2, -0.15) is 0 Å². The van der Waals surface area contributed by atoms with Crippen molar-refractivity contribution >= 4 is 5.82 Å². The molecule has 1 saturated heterocycles. The Kier molecular flexibility index (Phi) is 6.04. The van der Waals surface area contributed by atoms with E-state index < -0.39 is 0 Å². The number of rotatable bonds is 7. The average Bonchev–Trinajstić information content (AvgIpc) is 2.61. The molecule has 3 rings (SSSR count). The number of hydrogen-bond donors (Lipinski definition) is 1. The molecule has 0 spiro atoms. The van der Waals surface area contributed by atoms with Crippen LogP contribution in [0.5, 0.6) is 5.75 Å². The molecule has 5 heteroatoms. The number of nitrogen functional groups attached to an aromatic ring is 1. The quantitative estimate of drug-likeness (QED) is 0.846. The first kappa shape index (κ1) is 16.7. The van der Waals surface area contributed by atoms with Gasteiger partial charge >= 0.3 is 0 Å². The number of nitrogens with zero attached hydrogens (tertiary/aromatic N) is 2. The molecule has 1 aromatic heterocycles. The number of anilines is 1. The number of morpholine rings is 1. The van der Waals surface area contributed by atoms with Crippen LogP contribution in [0.2, 0.25) is 0 Å². The number of nitrogens with two attached hydrogens (primary N) is 1. The smallest absolute Gasteiger partial charge is 0.123 e. The first-order valence-electron chi connectivity index (χ1n) is 8.52. The normalized spacial score (nSPS) is 18.4. The van der Waals surface area contributed by atoms with Gasteiger partial charge in [-0.05, 0) is 42.7 Å². The van der Waals surface area contributed by atoms with Crippen molar-refractivity contribution in [3.8, 4) is 5.75 Å². The molecule has 1 aliphatic heterocycles. The van der Waals surface area contributed by atoms with Gasteiger partial charge in [-0.1, -0.05) is 18.2 Å². The van der Waals surface area contributed by atoms with Crippen molar-refractivity contribution in [1.29, 1.82) is 0 Å². The number of pyridine rings is 1. The summed E-state index contributed by atoms with van der Waals surface area (Å²) in [6.07, 6.45) is 4.00. The van der Waals surface area contributed by atoms with E-state index in [0.29, 0.717) is 12.4 Å². The van der Waals surface area contributed by atoms with Crippen molar-refractivity contribution in [3.63, 3.8) is 0 Å². The van der Waals surface area contributed by atoms with Gasteiger partial charge in [0, 0.05) is 25.8 Å². The third-order valence-corrected chi connectivity index (χ3v) is 4.24. The van der Waals surface area contributed by atoms with E-state index in [2.05, 4.69) is 9.88 Å². The molecular formula is C19H25N3O2. The SMILES string of the molecule is Nc1cc(CC[C@@H]2CN(CCOc3ccccc3)CCO2)ccn1. The first-order chi connectivity index (χ1) is 11.8. The van der Waals surface area contributed by atoms with Crippen molar-refractivity contribution in [2.75, 3.05) is 38.6 Å². The van der Waals surface area contributed by atoms with E-state index in [9.17, 15) is 0 Å². The van der Waals surface area contributed by atoms with E-state index in [1.807, 2.05) is 42.5 Å². The molecule has 24 heavy (non-hydrogen) atoms. The van der Waals surface area contributed by atoms with Crippen LogP contribution in [0.4, 0.5) is 5.82 Å². The Morgan fingerprint density at radius 1 is 1.25 bits per heavy atom. The van der Waals surface area contributed by atoms with Gasteiger partial charge in [-0.3, -0.25) is 4.90 Å². The Balaban J connectivity index is 1.39. The zero-order chi connectivity index (χ0) is 16.6. The molecule has 2 N–H and O–H groups in total. The van der Waals surface area contributed by atoms with Gasteiger partial charge in [0.2, 0.25) is 0 Å². The standard InChI is InChI=1S/C19H25N3O2/c20-19-14-16(8-9-21-19)6-7-18-15-22(11-13-24-18)10-12-23-17-4-2-1-3-5-17/h1-5,8-9,14,18H,6-7,10-13,15H2,(H2,20,21)/t18-/m1/s1. The second kappa shape index (κ2) is 8.66. The maximum Gasteiger partial charge on any atom is 0.123 e. The van der Waals surface area contributed by atoms with E-state index in [1.165, 1.54) is 5.56 Å². The van der Waals surface area contributed by atoms with Gasteiger partial charge in [0.1, 0.15) is 18.2 Å². The molecule has 1 aromatic carbocycles. The van der Waals surface area contributed by atoms with Gasteiger partial charge < -0.3 is 15.2 Å². The molecule has 5 nitrogen and oxygen atoms in total. The molecule has 2 aromatic rings. The first-order valence-corrected chi connectivity index (χ1v) is 8.52. The number of aromatic nitrogens is 1. The molecule has 0 bridgehead atoms. The predicted molar refractivity (Wildman–Crippen MR) is 95.1 cm³/mol. The van der Waals surface area contributed by atoms with Crippen molar-refractivity contribution in [2.24, 2.45) is 0 Å². The summed E-state index contributed by atoms with van der Waals surface area (Å²) in [6, 6.07) is 13.9. The van der Waals surface area contributed by atoms with Gasteiger partial charge in [0.15, 0.2) is 0 Å². The minimum Gasteiger partial charge on any atom is -0.492 e. The molecule has 1 atom stereocenters. The molecular weight excluding hydrogens is 302 g/mol. The van der Waals surface area contributed by atoms with E-state index in [-0.39, 0.29) is 6.10 Å². The lowest BCUT2D eigenvalue weighted by molar-refractivity contribution is -0.0345.